The molecule has 0 spiro atoms. The predicted octanol–water partition coefficient (Wildman–Crippen LogP) is 2.52. The summed E-state index contributed by atoms with van der Waals surface area (Å²) in [6.07, 6.45) is 0. The number of imide groups is 1. The number of hydrogen-bond donors (Lipinski definition) is 1. The molecule has 11 heteroatoms. The molecule has 0 aromatic heterocycles. The number of carbonyl (C=O) groups excluding carboxylic acids is 2. The number of nitrogens with zero attached hydrogens (tertiary/aromatic N) is 1. The van der Waals surface area contributed by atoms with E-state index in [0.29, 0.717) is 4.90 Å². The van der Waals surface area contributed by atoms with Gasteiger partial charge in [-0.15, -0.1) is 23.2 Å². The number of hydrogen-bond acceptors (Lipinski definition) is 3. The van der Waals surface area contributed by atoms with Crippen LogP contribution < -0.4 is 0 Å². The first-order chi connectivity index (χ1) is 9.94. The average molecular weight is 428 g/mol. The first-order valence-corrected chi connectivity index (χ1v) is 8.09. The minimum absolute atomic E-state index is 0.213. The number of alkyl halides is 4. The fourth-order valence-electron chi connectivity index (χ4n) is 3.34. The third-order valence-corrected chi connectivity index (χ3v) is 8.55. The minimum Gasteiger partial charge on any atom is -0.480 e. The summed E-state index contributed by atoms with van der Waals surface area (Å²) >= 11 is 37.5. The Hall–Kier alpha value is 0.0900. The van der Waals surface area contributed by atoms with Gasteiger partial charge >= 0.3 is 5.97 Å². The summed E-state index contributed by atoms with van der Waals surface area (Å²) in [5.74, 6) is -5.63. The summed E-state index contributed by atoms with van der Waals surface area (Å²) in [7, 11) is 0. The van der Waals surface area contributed by atoms with Gasteiger partial charge in [-0.2, -0.15) is 0 Å². The SMILES string of the molecule is O=C(O)CN1C(=O)[C@@H]2[C@@H](C1=O)[C@]1(Cl)C(Cl)=C(Cl)[C@]2(Cl)C1(Cl)Cl. The lowest BCUT2D eigenvalue weighted by Crippen LogP contribution is -2.50. The van der Waals surface area contributed by atoms with Crippen molar-refractivity contribution >= 4 is 87.4 Å². The molecule has 0 unspecified atom stereocenters. The summed E-state index contributed by atoms with van der Waals surface area (Å²) < 4.78 is -2.01. The standard InChI is InChI=1S/C11H5Cl6NO4/c12-5-6(13)10(15)4-3(9(5,14)11(10,16)17)7(21)18(8(4)22)1-2(19)20/h3-4H,1H2,(H,19,20)/t3-,4-,9-,10-/m0/s1. The van der Waals surface area contributed by atoms with Gasteiger partial charge in [0, 0.05) is 0 Å². The molecule has 0 aromatic carbocycles. The van der Waals surface area contributed by atoms with E-state index in [0.717, 1.165) is 0 Å². The third kappa shape index (κ3) is 1.49. The molecule has 1 N–H and O–H groups in total. The Labute approximate surface area is 154 Å². The smallest absolute Gasteiger partial charge is 0.323 e. The van der Waals surface area contributed by atoms with Gasteiger partial charge in [-0.25, -0.2) is 0 Å². The van der Waals surface area contributed by atoms with Crippen LogP contribution >= 0.6 is 69.6 Å². The topological polar surface area (TPSA) is 74.7 Å². The maximum Gasteiger partial charge on any atom is 0.323 e. The van der Waals surface area contributed by atoms with Crippen LogP contribution in [0.4, 0.5) is 0 Å². The van der Waals surface area contributed by atoms with Crippen LogP contribution in [0.15, 0.2) is 10.1 Å². The predicted molar refractivity (Wildman–Crippen MR) is 81.7 cm³/mol. The summed E-state index contributed by atoms with van der Waals surface area (Å²) in [5, 5.41) is 8.40. The quantitative estimate of drug-likeness (QED) is 0.543. The number of amides is 2. The molecular formula is C11H5Cl6NO4. The molecule has 22 heavy (non-hydrogen) atoms. The zero-order valence-corrected chi connectivity index (χ0v) is 14.8. The number of allylic oxidation sites excluding steroid dienone is 2. The molecule has 120 valence electrons. The van der Waals surface area contributed by atoms with Gasteiger partial charge in [0.05, 0.1) is 21.9 Å². The molecular weight excluding hydrogens is 423 g/mol. The summed E-state index contributed by atoms with van der Waals surface area (Å²) in [6.45, 7) is -0.822. The second-order valence-electron chi connectivity index (χ2n) is 5.24. The zero-order valence-electron chi connectivity index (χ0n) is 10.2. The Bertz CT molecular complexity index is 631. The summed E-state index contributed by atoms with van der Waals surface area (Å²) in [4.78, 5) is 32.5. The van der Waals surface area contributed by atoms with E-state index in [-0.39, 0.29) is 10.1 Å². The van der Waals surface area contributed by atoms with Gasteiger partial charge < -0.3 is 5.11 Å². The van der Waals surface area contributed by atoms with Gasteiger partial charge in [-0.1, -0.05) is 46.4 Å². The van der Waals surface area contributed by atoms with E-state index in [9.17, 15) is 14.4 Å². The van der Waals surface area contributed by atoms with Crippen LogP contribution in [0, 0.1) is 11.8 Å². The van der Waals surface area contributed by atoms with Crippen molar-refractivity contribution in [2.45, 2.75) is 14.1 Å². The molecule has 1 aliphatic heterocycles. The van der Waals surface area contributed by atoms with Crippen LogP contribution in [-0.4, -0.2) is 48.4 Å². The molecule has 4 atom stereocenters. The van der Waals surface area contributed by atoms with Crippen molar-refractivity contribution in [2.75, 3.05) is 6.54 Å². The molecule has 2 fully saturated rings. The molecule has 3 rings (SSSR count). The van der Waals surface area contributed by atoms with E-state index in [1.807, 2.05) is 0 Å². The monoisotopic (exact) mass is 425 g/mol. The van der Waals surface area contributed by atoms with E-state index in [1.54, 1.807) is 0 Å². The highest BCUT2D eigenvalue weighted by molar-refractivity contribution is 6.66. The molecule has 0 aromatic rings. The van der Waals surface area contributed by atoms with Crippen molar-refractivity contribution in [3.05, 3.63) is 10.1 Å². The van der Waals surface area contributed by atoms with Crippen LogP contribution in [0.5, 0.6) is 0 Å². The lowest BCUT2D eigenvalue weighted by atomic mass is 9.84. The fraction of sp³-hybridized carbons (Fsp3) is 0.545. The van der Waals surface area contributed by atoms with Crippen molar-refractivity contribution < 1.29 is 19.5 Å². The highest BCUT2D eigenvalue weighted by Gasteiger charge is 2.87. The van der Waals surface area contributed by atoms with Crippen LogP contribution in [-0.2, 0) is 14.4 Å². The van der Waals surface area contributed by atoms with Crippen molar-refractivity contribution in [2.24, 2.45) is 11.8 Å². The third-order valence-electron chi connectivity index (χ3n) is 4.29. The van der Waals surface area contributed by atoms with Gasteiger partial charge in [-0.3, -0.25) is 19.3 Å². The number of likely N-dealkylation sites (tertiary alicyclic amines) is 1. The van der Waals surface area contributed by atoms with Crippen molar-refractivity contribution in [1.82, 2.24) is 4.90 Å². The highest BCUT2D eigenvalue weighted by atomic mass is 35.5. The second-order valence-corrected chi connectivity index (χ2v) is 8.51. The molecule has 2 aliphatic carbocycles. The van der Waals surface area contributed by atoms with Crippen LogP contribution in [0.2, 0.25) is 0 Å². The van der Waals surface area contributed by atoms with Crippen LogP contribution in [0.25, 0.3) is 0 Å². The van der Waals surface area contributed by atoms with Crippen molar-refractivity contribution in [1.29, 1.82) is 0 Å². The van der Waals surface area contributed by atoms with E-state index in [1.165, 1.54) is 0 Å². The van der Waals surface area contributed by atoms with E-state index in [4.69, 9.17) is 74.7 Å². The number of carboxylic acid groups (broad SMARTS) is 1. The number of carbonyl (C=O) groups is 3. The molecule has 2 amide bonds. The Kier molecular flexibility index (Phi) is 3.53. The lowest BCUT2D eigenvalue weighted by molar-refractivity contribution is -0.149. The summed E-state index contributed by atoms with van der Waals surface area (Å²) in [5.41, 5.74) is 0. The van der Waals surface area contributed by atoms with Gasteiger partial charge in [-0.05, 0) is 0 Å². The van der Waals surface area contributed by atoms with E-state index >= 15 is 0 Å². The maximum absolute atomic E-state index is 12.5. The van der Waals surface area contributed by atoms with Crippen molar-refractivity contribution in [3.8, 4) is 0 Å². The van der Waals surface area contributed by atoms with Gasteiger partial charge in [0.25, 0.3) is 0 Å². The maximum atomic E-state index is 12.5. The molecule has 1 saturated heterocycles. The number of carboxylic acids is 1. The van der Waals surface area contributed by atoms with Gasteiger partial charge in [0.15, 0.2) is 4.33 Å². The number of halogens is 6. The molecule has 5 nitrogen and oxygen atoms in total. The van der Waals surface area contributed by atoms with Crippen LogP contribution in [0.3, 0.4) is 0 Å². The molecule has 2 bridgehead atoms. The second kappa shape index (κ2) is 4.58. The average Bonchev–Trinajstić information content (AvgIpc) is 2.78. The summed E-state index contributed by atoms with van der Waals surface area (Å²) in [6, 6.07) is 0. The molecule has 1 saturated carbocycles. The van der Waals surface area contributed by atoms with Gasteiger partial charge in [0.2, 0.25) is 11.8 Å². The minimum atomic E-state index is -2.01. The fourth-order valence-corrected chi connectivity index (χ4v) is 6.27. The number of rotatable bonds is 2. The normalized spacial score (nSPS) is 42.4. The lowest BCUT2D eigenvalue weighted by Gasteiger charge is -2.34. The Morgan fingerprint density at radius 3 is 1.68 bits per heavy atom. The highest BCUT2D eigenvalue weighted by Crippen LogP contribution is 2.77. The van der Waals surface area contributed by atoms with E-state index in [2.05, 4.69) is 0 Å². The Morgan fingerprint density at radius 2 is 1.36 bits per heavy atom. The zero-order chi connectivity index (χ0) is 16.8. The Balaban J connectivity index is 2.21. The van der Waals surface area contributed by atoms with Crippen molar-refractivity contribution in [3.63, 3.8) is 0 Å². The Morgan fingerprint density at radius 1 is 1.00 bits per heavy atom. The number of fused-ring (bicyclic) bond motifs is 5. The first-order valence-electron chi connectivity index (χ1n) is 5.82. The molecule has 0 radical (unpaired) electrons. The van der Waals surface area contributed by atoms with Crippen LogP contribution in [0.1, 0.15) is 0 Å². The first kappa shape index (κ1) is 16.9. The molecule has 3 aliphatic rings. The molecule has 1 heterocycles. The van der Waals surface area contributed by atoms with E-state index < -0.39 is 50.2 Å². The number of aliphatic carboxylic acids is 1. The van der Waals surface area contributed by atoms with Gasteiger partial charge in [0.1, 0.15) is 16.3 Å². The largest absolute Gasteiger partial charge is 0.480 e.